The summed E-state index contributed by atoms with van der Waals surface area (Å²) in [7, 11) is 0. The number of halogens is 1. The molecule has 1 heterocycles. The number of carbonyl (C=O) groups is 2. The normalized spacial score (nSPS) is 14.6. The van der Waals surface area contributed by atoms with Gasteiger partial charge >= 0.3 is 12.0 Å². The maximum atomic E-state index is 14.4. The molecule has 196 valence electrons. The Hall–Kier alpha value is -4.13. The Morgan fingerprint density at radius 3 is 2.45 bits per heavy atom. The van der Waals surface area contributed by atoms with E-state index in [9.17, 15) is 14.0 Å². The van der Waals surface area contributed by atoms with E-state index in [0.29, 0.717) is 32.5 Å². The predicted octanol–water partition coefficient (Wildman–Crippen LogP) is 5.61. The molecular formula is C31H32FN3O3. The van der Waals surface area contributed by atoms with Crippen LogP contribution >= 0.6 is 0 Å². The van der Waals surface area contributed by atoms with Gasteiger partial charge in [0.1, 0.15) is 12.4 Å². The molecule has 1 aliphatic carbocycles. The minimum Gasteiger partial charge on any atom is -0.465 e. The molecule has 0 radical (unpaired) electrons. The summed E-state index contributed by atoms with van der Waals surface area (Å²) in [5, 5.41) is 3.88. The zero-order chi connectivity index (χ0) is 26.5. The van der Waals surface area contributed by atoms with Gasteiger partial charge in [0.05, 0.1) is 6.61 Å². The van der Waals surface area contributed by atoms with Gasteiger partial charge in [-0.25, -0.2) is 9.18 Å². The van der Waals surface area contributed by atoms with Crippen molar-refractivity contribution in [2.75, 3.05) is 6.61 Å². The van der Waals surface area contributed by atoms with Crippen molar-refractivity contribution in [1.82, 2.24) is 14.8 Å². The van der Waals surface area contributed by atoms with Crippen LogP contribution < -0.4 is 5.32 Å². The number of hydrogen-bond donors (Lipinski definition) is 1. The van der Waals surface area contributed by atoms with Gasteiger partial charge in [0.15, 0.2) is 0 Å². The van der Waals surface area contributed by atoms with Crippen LogP contribution in [0.25, 0.3) is 10.9 Å². The van der Waals surface area contributed by atoms with Crippen molar-refractivity contribution in [2.45, 2.75) is 51.9 Å². The van der Waals surface area contributed by atoms with Crippen LogP contribution in [0.4, 0.5) is 9.18 Å². The first-order valence-corrected chi connectivity index (χ1v) is 13.1. The van der Waals surface area contributed by atoms with Crippen LogP contribution in [0.3, 0.4) is 0 Å². The smallest absolute Gasteiger partial charge is 0.325 e. The van der Waals surface area contributed by atoms with Gasteiger partial charge in [-0.2, -0.15) is 0 Å². The molecule has 1 aliphatic rings. The van der Waals surface area contributed by atoms with E-state index in [1.165, 1.54) is 12.1 Å². The number of aromatic nitrogens is 1. The van der Waals surface area contributed by atoms with Crippen molar-refractivity contribution in [3.63, 3.8) is 0 Å². The Bertz CT molecular complexity index is 1420. The standard InChI is InChI=1S/C31H32FN3O3/c1-2-38-30(36)21-35-28-15-13-24(32)17-26(28)27-18-25(14-16-29(27)35)34(20-23-11-7-4-8-12-23)31(37)33-19-22-9-5-3-6-10-22/h3-13,15,17,25H,2,14,16,18-21H2,1H3,(H,33,37)/t25-/m0/s1. The molecule has 1 N–H and O–H groups in total. The van der Waals surface area contributed by atoms with Crippen molar-refractivity contribution in [1.29, 1.82) is 0 Å². The maximum Gasteiger partial charge on any atom is 0.325 e. The quantitative estimate of drug-likeness (QED) is 0.312. The van der Waals surface area contributed by atoms with Crippen molar-refractivity contribution in [3.05, 3.63) is 107 Å². The molecule has 38 heavy (non-hydrogen) atoms. The van der Waals surface area contributed by atoms with E-state index in [1.54, 1.807) is 13.0 Å². The number of benzene rings is 3. The molecular weight excluding hydrogens is 481 g/mol. The highest BCUT2D eigenvalue weighted by Gasteiger charge is 2.32. The highest BCUT2D eigenvalue weighted by atomic mass is 19.1. The molecule has 3 aromatic carbocycles. The zero-order valence-electron chi connectivity index (χ0n) is 21.5. The second-order valence-corrected chi connectivity index (χ2v) is 9.63. The second-order valence-electron chi connectivity index (χ2n) is 9.63. The Kier molecular flexibility index (Phi) is 7.73. The second kappa shape index (κ2) is 11.5. The average molecular weight is 514 g/mol. The van der Waals surface area contributed by atoms with Crippen molar-refractivity contribution >= 4 is 22.9 Å². The minimum atomic E-state index is -0.322. The van der Waals surface area contributed by atoms with E-state index in [1.807, 2.05) is 70.1 Å². The largest absolute Gasteiger partial charge is 0.465 e. The van der Waals surface area contributed by atoms with Crippen LogP contribution in [0.1, 0.15) is 35.7 Å². The predicted molar refractivity (Wildman–Crippen MR) is 145 cm³/mol. The summed E-state index contributed by atoms with van der Waals surface area (Å²) in [6, 6.07) is 24.3. The van der Waals surface area contributed by atoms with Gasteiger partial charge < -0.3 is 19.5 Å². The lowest BCUT2D eigenvalue weighted by Crippen LogP contribution is -2.47. The van der Waals surface area contributed by atoms with E-state index in [0.717, 1.165) is 39.7 Å². The lowest BCUT2D eigenvalue weighted by atomic mass is 9.90. The van der Waals surface area contributed by atoms with Gasteiger partial charge in [-0.15, -0.1) is 0 Å². The molecule has 2 amide bonds. The van der Waals surface area contributed by atoms with Crippen molar-refractivity contribution < 1.29 is 18.7 Å². The topological polar surface area (TPSA) is 63.6 Å². The SMILES string of the molecule is CCOC(=O)Cn1c2c(c3cc(F)ccc31)C[C@@H](N(Cc1ccccc1)C(=O)NCc1ccccc1)CC2. The number of ether oxygens (including phenoxy) is 1. The molecule has 0 aliphatic heterocycles. The van der Waals surface area contributed by atoms with Crippen LogP contribution in [0.5, 0.6) is 0 Å². The number of carbonyl (C=O) groups excluding carboxylic acids is 2. The maximum absolute atomic E-state index is 14.4. The summed E-state index contributed by atoms with van der Waals surface area (Å²) in [6.45, 7) is 3.08. The third-order valence-electron chi connectivity index (χ3n) is 7.18. The Morgan fingerprint density at radius 2 is 1.74 bits per heavy atom. The van der Waals surface area contributed by atoms with Crippen LogP contribution in [0.2, 0.25) is 0 Å². The fourth-order valence-corrected chi connectivity index (χ4v) is 5.41. The van der Waals surface area contributed by atoms with Crippen LogP contribution in [0, 0.1) is 5.82 Å². The summed E-state index contributed by atoms with van der Waals surface area (Å²) in [5.41, 5.74) is 4.90. The molecule has 7 heteroatoms. The average Bonchev–Trinajstić information content (AvgIpc) is 3.23. The summed E-state index contributed by atoms with van der Waals surface area (Å²) in [4.78, 5) is 27.8. The van der Waals surface area contributed by atoms with Gasteiger partial charge in [-0.3, -0.25) is 4.79 Å². The molecule has 0 saturated carbocycles. The third kappa shape index (κ3) is 5.57. The molecule has 0 unspecified atom stereocenters. The van der Waals surface area contributed by atoms with E-state index in [-0.39, 0.29) is 30.4 Å². The molecule has 0 fully saturated rings. The zero-order valence-corrected chi connectivity index (χ0v) is 21.5. The van der Waals surface area contributed by atoms with E-state index in [4.69, 9.17) is 4.74 Å². The number of amides is 2. The van der Waals surface area contributed by atoms with Crippen LogP contribution in [-0.4, -0.2) is 34.1 Å². The number of fused-ring (bicyclic) bond motifs is 3. The number of rotatable bonds is 8. The van der Waals surface area contributed by atoms with Gasteiger partial charge in [0, 0.05) is 35.7 Å². The Labute approximate surface area is 222 Å². The molecule has 4 aromatic rings. The summed E-state index contributed by atoms with van der Waals surface area (Å²) in [5.74, 6) is -0.637. The highest BCUT2D eigenvalue weighted by Crippen LogP contribution is 2.35. The lowest BCUT2D eigenvalue weighted by molar-refractivity contribution is -0.143. The van der Waals surface area contributed by atoms with Crippen LogP contribution in [-0.2, 0) is 42.0 Å². The summed E-state index contributed by atoms with van der Waals surface area (Å²) >= 11 is 0. The Balaban J connectivity index is 1.45. The lowest BCUT2D eigenvalue weighted by Gasteiger charge is -2.35. The summed E-state index contributed by atoms with van der Waals surface area (Å²) in [6.07, 6.45) is 1.99. The van der Waals surface area contributed by atoms with Crippen LogP contribution in [0.15, 0.2) is 78.9 Å². The highest BCUT2D eigenvalue weighted by molar-refractivity contribution is 5.87. The number of nitrogens with zero attached hydrogens (tertiary/aromatic N) is 2. The number of urea groups is 1. The molecule has 1 aromatic heterocycles. The third-order valence-corrected chi connectivity index (χ3v) is 7.18. The molecule has 0 bridgehead atoms. The van der Waals surface area contributed by atoms with Gasteiger partial charge in [0.25, 0.3) is 0 Å². The first-order chi connectivity index (χ1) is 18.5. The fraction of sp³-hybridized carbons (Fsp3) is 0.290. The first kappa shape index (κ1) is 25.5. The van der Waals surface area contributed by atoms with Gasteiger partial charge in [0.2, 0.25) is 0 Å². The van der Waals surface area contributed by atoms with Gasteiger partial charge in [-0.05, 0) is 61.1 Å². The molecule has 6 nitrogen and oxygen atoms in total. The molecule has 0 saturated heterocycles. The molecule has 5 rings (SSSR count). The number of esters is 1. The molecule has 0 spiro atoms. The van der Waals surface area contributed by atoms with Crippen molar-refractivity contribution in [3.8, 4) is 0 Å². The van der Waals surface area contributed by atoms with Gasteiger partial charge in [-0.1, -0.05) is 60.7 Å². The number of hydrogen-bond acceptors (Lipinski definition) is 3. The monoisotopic (exact) mass is 513 g/mol. The van der Waals surface area contributed by atoms with E-state index in [2.05, 4.69) is 5.32 Å². The first-order valence-electron chi connectivity index (χ1n) is 13.1. The Morgan fingerprint density at radius 1 is 1.03 bits per heavy atom. The van der Waals surface area contributed by atoms with Crippen molar-refractivity contribution in [2.24, 2.45) is 0 Å². The molecule has 1 atom stereocenters. The number of nitrogens with one attached hydrogen (secondary N) is 1. The van der Waals surface area contributed by atoms with E-state index >= 15 is 0 Å². The van der Waals surface area contributed by atoms with E-state index < -0.39 is 0 Å². The fourth-order valence-electron chi connectivity index (χ4n) is 5.41. The minimum absolute atomic E-state index is 0.0802. The summed E-state index contributed by atoms with van der Waals surface area (Å²) < 4.78 is 21.5.